The van der Waals surface area contributed by atoms with Crippen molar-refractivity contribution in [2.75, 3.05) is 7.11 Å². The summed E-state index contributed by atoms with van der Waals surface area (Å²) >= 11 is 0. The SMILES string of the molecule is COS(=O)(=O)OS(=O)(=O)Oc1ccccn1. The summed E-state index contributed by atoms with van der Waals surface area (Å²) in [6.07, 6.45) is 1.26. The molecule has 0 unspecified atom stereocenters. The molecule has 8 nitrogen and oxygen atoms in total. The third-order valence-electron chi connectivity index (χ3n) is 1.20. The van der Waals surface area contributed by atoms with E-state index in [0.29, 0.717) is 0 Å². The van der Waals surface area contributed by atoms with Gasteiger partial charge in [-0.25, -0.2) is 4.98 Å². The van der Waals surface area contributed by atoms with E-state index in [1.807, 2.05) is 0 Å². The van der Waals surface area contributed by atoms with Crippen LogP contribution in [0.15, 0.2) is 24.4 Å². The second-order valence-electron chi connectivity index (χ2n) is 2.30. The summed E-state index contributed by atoms with van der Waals surface area (Å²) in [6.45, 7) is 0. The topological polar surface area (TPSA) is 109 Å². The van der Waals surface area contributed by atoms with Crippen LogP contribution in [0.3, 0.4) is 0 Å². The predicted molar refractivity (Wildman–Crippen MR) is 50.8 cm³/mol. The molecule has 1 rings (SSSR count). The molecule has 0 saturated heterocycles. The molecule has 0 aliphatic rings. The molecular weight excluding hydrogens is 262 g/mol. The van der Waals surface area contributed by atoms with Gasteiger partial charge in [-0.15, -0.1) is 0 Å². The number of pyridine rings is 1. The van der Waals surface area contributed by atoms with Crippen molar-refractivity contribution in [1.29, 1.82) is 0 Å². The molecule has 0 amide bonds. The van der Waals surface area contributed by atoms with Crippen molar-refractivity contribution in [2.24, 2.45) is 0 Å². The molecule has 0 aromatic carbocycles. The fourth-order valence-electron chi connectivity index (χ4n) is 0.645. The van der Waals surface area contributed by atoms with Gasteiger partial charge in [0.05, 0.1) is 7.11 Å². The molecule has 0 aliphatic carbocycles. The average Bonchev–Trinajstić information content (AvgIpc) is 2.17. The molecule has 0 atom stereocenters. The Morgan fingerprint density at radius 1 is 1.12 bits per heavy atom. The van der Waals surface area contributed by atoms with Gasteiger partial charge < -0.3 is 4.18 Å². The van der Waals surface area contributed by atoms with Crippen LogP contribution in [0.2, 0.25) is 0 Å². The standard InChI is InChI=1S/C6H7NO7S2/c1-12-15(8,9)14-16(10,11)13-6-4-2-3-5-7-6/h2-5H,1H3. The first kappa shape index (κ1) is 12.8. The Kier molecular flexibility index (Phi) is 3.80. The molecule has 0 aliphatic heterocycles. The van der Waals surface area contributed by atoms with E-state index in [-0.39, 0.29) is 5.88 Å². The normalized spacial score (nSPS) is 12.3. The quantitative estimate of drug-likeness (QED) is 0.711. The summed E-state index contributed by atoms with van der Waals surface area (Å²) < 4.78 is 55.1. The Hall–Kier alpha value is -1.23. The summed E-state index contributed by atoms with van der Waals surface area (Å²) in [7, 11) is -8.68. The summed E-state index contributed by atoms with van der Waals surface area (Å²) in [5, 5.41) is 0. The molecular formula is C6H7NO7S2. The van der Waals surface area contributed by atoms with Crippen LogP contribution >= 0.6 is 0 Å². The summed E-state index contributed by atoms with van der Waals surface area (Å²) in [6, 6.07) is 4.18. The largest absolute Gasteiger partial charge is 0.467 e. The van der Waals surface area contributed by atoms with Crippen molar-refractivity contribution >= 4 is 20.8 Å². The maximum Gasteiger partial charge on any atom is 0.467 e. The number of aromatic nitrogens is 1. The number of nitrogens with zero attached hydrogens (tertiary/aromatic N) is 1. The van der Waals surface area contributed by atoms with Crippen LogP contribution in [0.5, 0.6) is 5.88 Å². The van der Waals surface area contributed by atoms with E-state index in [4.69, 9.17) is 0 Å². The minimum absolute atomic E-state index is 0.325. The number of rotatable bonds is 5. The van der Waals surface area contributed by atoms with Crippen LogP contribution in [0.25, 0.3) is 0 Å². The Bertz CT molecular complexity index is 535. The fourth-order valence-corrected chi connectivity index (χ4v) is 2.10. The highest BCUT2D eigenvalue weighted by atomic mass is 32.3. The fraction of sp³-hybridized carbons (Fsp3) is 0.167. The third kappa shape index (κ3) is 4.10. The van der Waals surface area contributed by atoms with E-state index in [1.165, 1.54) is 24.4 Å². The molecule has 0 bridgehead atoms. The second-order valence-corrected chi connectivity index (χ2v) is 4.98. The van der Waals surface area contributed by atoms with Crippen molar-refractivity contribution in [3.05, 3.63) is 24.4 Å². The smallest absolute Gasteiger partial charge is 0.340 e. The lowest BCUT2D eigenvalue weighted by molar-refractivity contribution is 0.310. The molecule has 1 aromatic heterocycles. The van der Waals surface area contributed by atoms with Crippen molar-refractivity contribution in [1.82, 2.24) is 4.98 Å². The summed E-state index contributed by atoms with van der Waals surface area (Å²) in [4.78, 5) is 3.50. The van der Waals surface area contributed by atoms with E-state index in [1.54, 1.807) is 0 Å². The zero-order valence-corrected chi connectivity index (χ0v) is 9.56. The molecule has 1 heterocycles. The van der Waals surface area contributed by atoms with Gasteiger partial charge in [0.15, 0.2) is 0 Å². The van der Waals surface area contributed by atoms with E-state index < -0.39 is 20.8 Å². The van der Waals surface area contributed by atoms with Gasteiger partial charge in [0.2, 0.25) is 5.88 Å². The molecule has 10 heteroatoms. The Morgan fingerprint density at radius 3 is 2.31 bits per heavy atom. The van der Waals surface area contributed by atoms with Crippen LogP contribution < -0.4 is 4.18 Å². The van der Waals surface area contributed by atoms with E-state index in [0.717, 1.165) is 7.11 Å². The monoisotopic (exact) mass is 269 g/mol. The number of hydrogen-bond donors (Lipinski definition) is 0. The minimum atomic E-state index is -4.78. The molecule has 90 valence electrons. The number of hydrogen-bond acceptors (Lipinski definition) is 8. The highest BCUT2D eigenvalue weighted by Gasteiger charge is 2.25. The van der Waals surface area contributed by atoms with Crippen molar-refractivity contribution in [3.63, 3.8) is 0 Å². The molecule has 0 radical (unpaired) electrons. The zero-order valence-electron chi connectivity index (χ0n) is 7.93. The average molecular weight is 269 g/mol. The van der Waals surface area contributed by atoms with Crippen LogP contribution in [-0.4, -0.2) is 28.9 Å². The molecule has 0 saturated carbocycles. The van der Waals surface area contributed by atoms with Gasteiger partial charge in [-0.3, -0.25) is 4.18 Å². The first-order valence-corrected chi connectivity index (χ1v) is 6.38. The molecule has 0 N–H and O–H groups in total. The van der Waals surface area contributed by atoms with Crippen LogP contribution in [0.4, 0.5) is 0 Å². The van der Waals surface area contributed by atoms with Crippen molar-refractivity contribution in [3.8, 4) is 5.88 Å². The first-order valence-electron chi connectivity index (χ1n) is 3.72. The zero-order chi connectivity index (χ0) is 12.2. The molecule has 0 spiro atoms. The van der Waals surface area contributed by atoms with Gasteiger partial charge in [0, 0.05) is 12.3 Å². The Morgan fingerprint density at radius 2 is 1.81 bits per heavy atom. The minimum Gasteiger partial charge on any atom is -0.340 e. The molecule has 16 heavy (non-hydrogen) atoms. The Balaban J connectivity index is 2.82. The Labute approximate surface area is 92.4 Å². The maximum atomic E-state index is 11.0. The lowest BCUT2D eigenvalue weighted by atomic mass is 10.5. The summed E-state index contributed by atoms with van der Waals surface area (Å²) in [5.41, 5.74) is 0. The lowest BCUT2D eigenvalue weighted by Gasteiger charge is -2.04. The van der Waals surface area contributed by atoms with Gasteiger partial charge >= 0.3 is 20.8 Å². The van der Waals surface area contributed by atoms with Crippen LogP contribution in [0.1, 0.15) is 0 Å². The highest BCUT2D eigenvalue weighted by Crippen LogP contribution is 2.10. The predicted octanol–water partition coefficient (Wildman–Crippen LogP) is -0.387. The molecule has 0 fully saturated rings. The third-order valence-corrected chi connectivity index (χ3v) is 3.31. The van der Waals surface area contributed by atoms with Gasteiger partial charge in [0.25, 0.3) is 0 Å². The first-order chi connectivity index (χ1) is 7.35. The van der Waals surface area contributed by atoms with Gasteiger partial charge in [-0.05, 0) is 6.07 Å². The van der Waals surface area contributed by atoms with Crippen LogP contribution in [0, 0.1) is 0 Å². The van der Waals surface area contributed by atoms with Gasteiger partial charge in [-0.2, -0.15) is 16.8 Å². The van der Waals surface area contributed by atoms with Gasteiger partial charge in [0.1, 0.15) is 0 Å². The van der Waals surface area contributed by atoms with Gasteiger partial charge in [-0.1, -0.05) is 9.70 Å². The second kappa shape index (κ2) is 4.74. The van der Waals surface area contributed by atoms with E-state index in [9.17, 15) is 16.8 Å². The van der Waals surface area contributed by atoms with E-state index >= 15 is 0 Å². The highest BCUT2D eigenvalue weighted by molar-refractivity contribution is 7.95. The van der Waals surface area contributed by atoms with Crippen molar-refractivity contribution < 1.29 is 28.8 Å². The van der Waals surface area contributed by atoms with Crippen LogP contribution in [-0.2, 0) is 28.6 Å². The summed E-state index contributed by atoms with van der Waals surface area (Å²) in [5.74, 6) is -0.325. The van der Waals surface area contributed by atoms with E-state index in [2.05, 4.69) is 17.0 Å². The maximum absolute atomic E-state index is 11.0. The molecule has 1 aromatic rings. The lowest BCUT2D eigenvalue weighted by Crippen LogP contribution is -2.19. The van der Waals surface area contributed by atoms with Crippen molar-refractivity contribution in [2.45, 2.75) is 0 Å².